The Hall–Kier alpha value is 0.01000. The molecule has 0 aromatic carbocycles. The number of hydrogen-bond acceptors (Lipinski definition) is 2. The van der Waals surface area contributed by atoms with Crippen molar-refractivity contribution in [2.45, 2.75) is 0 Å². The zero-order chi connectivity index (χ0) is 8.44. The van der Waals surface area contributed by atoms with E-state index in [1.807, 2.05) is 11.8 Å². The lowest BCUT2D eigenvalue weighted by atomic mass is 10.2. The number of ether oxygens (including phenoxy) is 1. The van der Waals surface area contributed by atoms with Crippen LogP contribution >= 0.6 is 11.8 Å². The smallest absolute Gasteiger partial charge is 0.112 e. The molecule has 2 fully saturated rings. The molecule has 0 saturated carbocycles. The van der Waals surface area contributed by atoms with E-state index in [4.69, 9.17) is 4.74 Å². The Morgan fingerprint density at radius 3 is 2.67 bits per heavy atom. The molecule has 0 aliphatic carbocycles. The molecule has 0 radical (unpaired) electrons. The molecule has 0 atom stereocenters. The quantitative estimate of drug-likeness (QED) is 0.524. The van der Waals surface area contributed by atoms with E-state index < -0.39 is 0 Å². The number of morpholine rings is 1. The Labute approximate surface area is 78.2 Å². The fraction of sp³-hybridized carbons (Fsp3) is 0.778. The van der Waals surface area contributed by atoms with Crippen LogP contribution in [0, 0.1) is 0 Å². The summed E-state index contributed by atoms with van der Waals surface area (Å²) in [6.45, 7) is 9.60. The topological polar surface area (TPSA) is 9.23 Å². The first-order valence-electron chi connectivity index (χ1n) is 4.53. The Balaban J connectivity index is 2.09. The maximum atomic E-state index is 5.38. The van der Waals surface area contributed by atoms with E-state index in [1.54, 1.807) is 0 Å². The van der Waals surface area contributed by atoms with Gasteiger partial charge in [-0.25, -0.2) is 0 Å². The largest absolute Gasteiger partial charge is 0.370 e. The van der Waals surface area contributed by atoms with E-state index in [0.29, 0.717) is 0 Å². The lowest BCUT2D eigenvalue weighted by Gasteiger charge is -2.44. The summed E-state index contributed by atoms with van der Waals surface area (Å²) in [6, 6.07) is 0. The number of thioether (sulfide) groups is 1. The van der Waals surface area contributed by atoms with E-state index in [9.17, 15) is 0 Å². The second-order valence-corrected chi connectivity index (χ2v) is 4.65. The molecule has 1 spiro atoms. The van der Waals surface area contributed by atoms with Crippen molar-refractivity contribution in [2.75, 3.05) is 44.4 Å². The number of nitrogens with zero attached hydrogens (tertiary/aromatic N) is 1. The summed E-state index contributed by atoms with van der Waals surface area (Å²) in [6.07, 6.45) is 0. The SMILES string of the molecule is C=C1CSCC[N+]12CCOCC2. The van der Waals surface area contributed by atoms with Crippen molar-refractivity contribution >= 4 is 11.8 Å². The van der Waals surface area contributed by atoms with Crippen LogP contribution in [-0.2, 0) is 4.74 Å². The van der Waals surface area contributed by atoms with Gasteiger partial charge in [-0.3, -0.25) is 4.48 Å². The second kappa shape index (κ2) is 3.40. The van der Waals surface area contributed by atoms with Gasteiger partial charge in [0.15, 0.2) is 0 Å². The first-order valence-corrected chi connectivity index (χ1v) is 5.69. The van der Waals surface area contributed by atoms with E-state index in [0.717, 1.165) is 36.5 Å². The van der Waals surface area contributed by atoms with Crippen molar-refractivity contribution < 1.29 is 9.22 Å². The molecular weight excluding hydrogens is 170 g/mol. The Bertz CT molecular complexity index is 179. The van der Waals surface area contributed by atoms with Crippen LogP contribution < -0.4 is 0 Å². The summed E-state index contributed by atoms with van der Waals surface area (Å²) in [4.78, 5) is 0. The predicted molar refractivity (Wildman–Crippen MR) is 52.1 cm³/mol. The van der Waals surface area contributed by atoms with Gasteiger partial charge in [0.05, 0.1) is 25.5 Å². The minimum absolute atomic E-state index is 0.920. The summed E-state index contributed by atoms with van der Waals surface area (Å²) in [5.74, 6) is 2.44. The minimum Gasteiger partial charge on any atom is -0.370 e. The Kier molecular flexibility index (Phi) is 2.44. The third-order valence-corrected chi connectivity index (χ3v) is 3.94. The molecule has 0 aromatic heterocycles. The average Bonchev–Trinajstić information content (AvgIpc) is 2.12. The van der Waals surface area contributed by atoms with Gasteiger partial charge in [0.25, 0.3) is 0 Å². The molecule has 0 aromatic rings. The number of rotatable bonds is 0. The summed E-state index contributed by atoms with van der Waals surface area (Å²) < 4.78 is 6.53. The van der Waals surface area contributed by atoms with Crippen LogP contribution in [0.2, 0.25) is 0 Å². The molecule has 12 heavy (non-hydrogen) atoms. The highest BCUT2D eigenvalue weighted by molar-refractivity contribution is 7.99. The molecule has 2 rings (SSSR count). The number of hydrogen-bond donors (Lipinski definition) is 0. The first kappa shape index (κ1) is 8.60. The minimum atomic E-state index is 0.920. The third kappa shape index (κ3) is 1.41. The first-order chi connectivity index (χ1) is 5.83. The molecule has 2 aliphatic heterocycles. The Morgan fingerprint density at radius 1 is 1.25 bits per heavy atom. The summed E-state index contributed by atoms with van der Waals surface area (Å²) >= 11 is 2.01. The Morgan fingerprint density at radius 2 is 2.00 bits per heavy atom. The van der Waals surface area contributed by atoms with Crippen molar-refractivity contribution in [3.05, 3.63) is 12.3 Å². The van der Waals surface area contributed by atoms with Crippen molar-refractivity contribution in [3.8, 4) is 0 Å². The summed E-state index contributed by atoms with van der Waals surface area (Å²) in [5, 5.41) is 0. The predicted octanol–water partition coefficient (Wildman–Crippen LogP) is 1.09. The molecular formula is C9H16NOS+. The molecule has 0 bridgehead atoms. The fourth-order valence-corrected chi connectivity index (χ4v) is 3.09. The van der Waals surface area contributed by atoms with Gasteiger partial charge in [0.1, 0.15) is 18.8 Å². The van der Waals surface area contributed by atoms with E-state index in [2.05, 4.69) is 6.58 Å². The van der Waals surface area contributed by atoms with Crippen LogP contribution in [0.15, 0.2) is 12.3 Å². The average molecular weight is 186 g/mol. The molecule has 3 heteroatoms. The highest BCUT2D eigenvalue weighted by Gasteiger charge is 2.35. The molecule has 2 saturated heterocycles. The van der Waals surface area contributed by atoms with Gasteiger partial charge < -0.3 is 4.74 Å². The van der Waals surface area contributed by atoms with Gasteiger partial charge in [0.2, 0.25) is 0 Å². The standard InChI is InChI=1S/C9H16NOS/c1-9-8-12-7-4-10(9)2-5-11-6-3-10/h1-8H2/q+1. The van der Waals surface area contributed by atoms with E-state index >= 15 is 0 Å². The van der Waals surface area contributed by atoms with Crippen molar-refractivity contribution in [1.29, 1.82) is 0 Å². The van der Waals surface area contributed by atoms with Crippen LogP contribution in [0.5, 0.6) is 0 Å². The molecule has 2 aliphatic rings. The molecule has 2 nitrogen and oxygen atoms in total. The molecule has 0 unspecified atom stereocenters. The van der Waals surface area contributed by atoms with Crippen LogP contribution in [0.4, 0.5) is 0 Å². The highest BCUT2D eigenvalue weighted by Crippen LogP contribution is 2.27. The molecule has 68 valence electrons. The summed E-state index contributed by atoms with van der Waals surface area (Å²) in [7, 11) is 0. The maximum absolute atomic E-state index is 5.38. The van der Waals surface area contributed by atoms with Gasteiger partial charge in [-0.05, 0) is 6.58 Å². The van der Waals surface area contributed by atoms with Crippen LogP contribution in [0.25, 0.3) is 0 Å². The van der Waals surface area contributed by atoms with Gasteiger partial charge in [-0.1, -0.05) is 0 Å². The summed E-state index contributed by atoms with van der Waals surface area (Å²) in [5.41, 5.74) is 1.41. The van der Waals surface area contributed by atoms with Gasteiger partial charge >= 0.3 is 0 Å². The van der Waals surface area contributed by atoms with Crippen molar-refractivity contribution in [2.24, 2.45) is 0 Å². The zero-order valence-electron chi connectivity index (χ0n) is 7.42. The second-order valence-electron chi connectivity index (χ2n) is 3.55. The monoisotopic (exact) mass is 186 g/mol. The zero-order valence-corrected chi connectivity index (χ0v) is 8.24. The molecule has 0 amide bonds. The number of quaternary nitrogens is 1. The van der Waals surface area contributed by atoms with Crippen LogP contribution in [0.1, 0.15) is 0 Å². The van der Waals surface area contributed by atoms with E-state index in [-0.39, 0.29) is 0 Å². The third-order valence-electron chi connectivity index (χ3n) is 2.93. The van der Waals surface area contributed by atoms with Gasteiger partial charge in [-0.2, -0.15) is 0 Å². The molecule has 2 heterocycles. The van der Waals surface area contributed by atoms with Crippen molar-refractivity contribution in [1.82, 2.24) is 0 Å². The van der Waals surface area contributed by atoms with Gasteiger partial charge in [-0.15, -0.1) is 11.8 Å². The molecule has 0 N–H and O–H groups in total. The van der Waals surface area contributed by atoms with Crippen LogP contribution in [-0.4, -0.2) is 48.8 Å². The lowest BCUT2D eigenvalue weighted by molar-refractivity contribution is -0.897. The van der Waals surface area contributed by atoms with Crippen LogP contribution in [0.3, 0.4) is 0 Å². The lowest BCUT2D eigenvalue weighted by Crippen LogP contribution is -2.57. The highest BCUT2D eigenvalue weighted by atomic mass is 32.2. The maximum Gasteiger partial charge on any atom is 0.112 e. The normalized spacial score (nSPS) is 29.2. The van der Waals surface area contributed by atoms with E-state index in [1.165, 1.54) is 18.0 Å². The van der Waals surface area contributed by atoms with Crippen molar-refractivity contribution in [3.63, 3.8) is 0 Å². The fourth-order valence-electron chi connectivity index (χ4n) is 1.96. The van der Waals surface area contributed by atoms with Gasteiger partial charge in [0, 0.05) is 5.75 Å².